The summed E-state index contributed by atoms with van der Waals surface area (Å²) in [6.45, 7) is 7.38. The van der Waals surface area contributed by atoms with Crippen LogP contribution in [0.1, 0.15) is 44.2 Å². The molecule has 5 heteroatoms. The Hall–Kier alpha value is -1.88. The van der Waals surface area contributed by atoms with E-state index in [9.17, 15) is 14.7 Å². The first-order chi connectivity index (χ1) is 11.7. The summed E-state index contributed by atoms with van der Waals surface area (Å²) in [4.78, 5) is 28.2. The van der Waals surface area contributed by atoms with Crippen LogP contribution in [0.4, 0.5) is 0 Å². The van der Waals surface area contributed by atoms with Gasteiger partial charge in [-0.2, -0.15) is 0 Å². The molecule has 5 nitrogen and oxygen atoms in total. The normalized spacial score (nSPS) is 16.0. The molecule has 0 saturated carbocycles. The van der Waals surface area contributed by atoms with Crippen LogP contribution in [0, 0.1) is 6.92 Å². The van der Waals surface area contributed by atoms with Gasteiger partial charge in [0.15, 0.2) is 0 Å². The van der Waals surface area contributed by atoms with Crippen LogP contribution in [0.5, 0.6) is 0 Å². The molecule has 138 valence electrons. The number of carbonyl (C=O) groups is 2. The van der Waals surface area contributed by atoms with E-state index in [4.69, 9.17) is 0 Å². The standard InChI is InChI=1S/C20H30N2O3/c1-15-5-7-16(8-6-15)20(2,3)13-18(24)21(4)14-19(25)22-11-9-17(23)10-12-22/h5-8,17,23H,9-14H2,1-4H3. The van der Waals surface area contributed by atoms with Gasteiger partial charge in [-0.05, 0) is 30.7 Å². The molecular weight excluding hydrogens is 316 g/mol. The third kappa shape index (κ3) is 5.30. The van der Waals surface area contributed by atoms with Crippen molar-refractivity contribution in [3.63, 3.8) is 0 Å². The number of benzene rings is 1. The van der Waals surface area contributed by atoms with Gasteiger partial charge in [0.1, 0.15) is 0 Å². The van der Waals surface area contributed by atoms with E-state index in [1.807, 2.05) is 6.92 Å². The van der Waals surface area contributed by atoms with Gasteiger partial charge in [-0.3, -0.25) is 9.59 Å². The topological polar surface area (TPSA) is 60.9 Å². The molecule has 1 aliphatic rings. The molecule has 1 heterocycles. The fourth-order valence-electron chi connectivity index (χ4n) is 3.13. The summed E-state index contributed by atoms with van der Waals surface area (Å²) in [5.41, 5.74) is 2.04. The zero-order valence-electron chi connectivity index (χ0n) is 15.8. The number of likely N-dealkylation sites (tertiary alicyclic amines) is 1. The first-order valence-corrected chi connectivity index (χ1v) is 8.96. The Kier molecular flexibility index (Phi) is 6.22. The lowest BCUT2D eigenvalue weighted by atomic mass is 9.81. The molecule has 0 bridgehead atoms. The lowest BCUT2D eigenvalue weighted by Crippen LogP contribution is -2.46. The first-order valence-electron chi connectivity index (χ1n) is 8.96. The van der Waals surface area contributed by atoms with Crippen LogP contribution in [0.25, 0.3) is 0 Å². The van der Waals surface area contributed by atoms with Crippen LogP contribution in [0.2, 0.25) is 0 Å². The van der Waals surface area contributed by atoms with Crippen LogP contribution < -0.4 is 0 Å². The van der Waals surface area contributed by atoms with Crippen LogP contribution in [-0.4, -0.2) is 59.5 Å². The van der Waals surface area contributed by atoms with Crippen molar-refractivity contribution in [1.82, 2.24) is 9.80 Å². The Labute approximate surface area is 150 Å². The van der Waals surface area contributed by atoms with Crippen molar-refractivity contribution in [3.8, 4) is 0 Å². The predicted octanol–water partition coefficient (Wildman–Crippen LogP) is 2.10. The fourth-order valence-corrected chi connectivity index (χ4v) is 3.13. The Morgan fingerprint density at radius 3 is 2.32 bits per heavy atom. The summed E-state index contributed by atoms with van der Waals surface area (Å²) in [5, 5.41) is 9.53. The van der Waals surface area contributed by atoms with Gasteiger partial charge in [-0.25, -0.2) is 0 Å². The summed E-state index contributed by atoms with van der Waals surface area (Å²) in [7, 11) is 1.68. The molecule has 0 aromatic heterocycles. The number of aliphatic hydroxyl groups excluding tert-OH is 1. The highest BCUT2D eigenvalue weighted by molar-refractivity contribution is 5.85. The number of rotatable bonds is 5. The van der Waals surface area contributed by atoms with Crippen LogP contribution in [0.3, 0.4) is 0 Å². The lowest BCUT2D eigenvalue weighted by Gasteiger charge is -2.32. The van der Waals surface area contributed by atoms with E-state index in [-0.39, 0.29) is 29.9 Å². The van der Waals surface area contributed by atoms with E-state index in [2.05, 4.69) is 38.1 Å². The molecule has 2 rings (SSSR count). The maximum atomic E-state index is 12.6. The minimum atomic E-state index is -0.307. The molecule has 1 aromatic carbocycles. The Balaban J connectivity index is 1.90. The van der Waals surface area contributed by atoms with Crippen molar-refractivity contribution < 1.29 is 14.7 Å². The van der Waals surface area contributed by atoms with Gasteiger partial charge in [0.25, 0.3) is 0 Å². The number of carbonyl (C=O) groups excluding carboxylic acids is 2. The highest BCUT2D eigenvalue weighted by atomic mass is 16.3. The minimum absolute atomic E-state index is 0.0315. The second-order valence-corrected chi connectivity index (χ2v) is 7.79. The zero-order valence-corrected chi connectivity index (χ0v) is 15.8. The van der Waals surface area contributed by atoms with Crippen LogP contribution in [-0.2, 0) is 15.0 Å². The number of hydrogen-bond donors (Lipinski definition) is 1. The van der Waals surface area contributed by atoms with Gasteiger partial charge < -0.3 is 14.9 Å². The minimum Gasteiger partial charge on any atom is -0.393 e. The lowest BCUT2D eigenvalue weighted by molar-refractivity contribution is -0.141. The maximum absolute atomic E-state index is 12.6. The monoisotopic (exact) mass is 346 g/mol. The molecule has 0 aliphatic carbocycles. The summed E-state index contributed by atoms with van der Waals surface area (Å²) >= 11 is 0. The molecule has 0 spiro atoms. The number of aliphatic hydroxyl groups is 1. The fraction of sp³-hybridized carbons (Fsp3) is 0.600. The van der Waals surface area contributed by atoms with E-state index < -0.39 is 0 Å². The highest BCUT2D eigenvalue weighted by Crippen LogP contribution is 2.28. The SMILES string of the molecule is Cc1ccc(C(C)(C)CC(=O)N(C)CC(=O)N2CCC(O)CC2)cc1. The van der Waals surface area contributed by atoms with E-state index in [1.54, 1.807) is 11.9 Å². The quantitative estimate of drug-likeness (QED) is 0.888. The third-order valence-corrected chi connectivity index (χ3v) is 5.04. The number of amides is 2. The van der Waals surface area contributed by atoms with Crippen LogP contribution in [0.15, 0.2) is 24.3 Å². The number of piperidine rings is 1. The van der Waals surface area contributed by atoms with Gasteiger partial charge >= 0.3 is 0 Å². The van der Waals surface area contributed by atoms with Crippen molar-refractivity contribution >= 4 is 11.8 Å². The molecule has 0 atom stereocenters. The summed E-state index contributed by atoms with van der Waals surface area (Å²) in [6.07, 6.45) is 1.28. The van der Waals surface area contributed by atoms with Gasteiger partial charge in [0.2, 0.25) is 11.8 Å². The van der Waals surface area contributed by atoms with E-state index >= 15 is 0 Å². The molecule has 1 aromatic rings. The maximum Gasteiger partial charge on any atom is 0.242 e. The smallest absolute Gasteiger partial charge is 0.242 e. The van der Waals surface area contributed by atoms with E-state index in [0.29, 0.717) is 32.4 Å². The molecule has 1 N–H and O–H groups in total. The Bertz CT molecular complexity index is 602. The highest BCUT2D eigenvalue weighted by Gasteiger charge is 2.28. The molecule has 1 fully saturated rings. The Morgan fingerprint density at radius 2 is 1.76 bits per heavy atom. The average Bonchev–Trinajstić information content (AvgIpc) is 2.55. The Morgan fingerprint density at radius 1 is 1.20 bits per heavy atom. The molecule has 2 amide bonds. The number of hydrogen-bond acceptors (Lipinski definition) is 3. The number of likely N-dealkylation sites (N-methyl/N-ethyl adjacent to an activating group) is 1. The van der Waals surface area contributed by atoms with Crippen molar-refractivity contribution in [3.05, 3.63) is 35.4 Å². The van der Waals surface area contributed by atoms with E-state index in [0.717, 1.165) is 5.56 Å². The van der Waals surface area contributed by atoms with Gasteiger partial charge in [0, 0.05) is 26.6 Å². The number of nitrogens with zero attached hydrogens (tertiary/aromatic N) is 2. The largest absolute Gasteiger partial charge is 0.393 e. The van der Waals surface area contributed by atoms with Crippen molar-refractivity contribution in [2.45, 2.75) is 51.6 Å². The number of aryl methyl sites for hydroxylation is 1. The van der Waals surface area contributed by atoms with E-state index in [1.165, 1.54) is 10.5 Å². The molecule has 25 heavy (non-hydrogen) atoms. The van der Waals surface area contributed by atoms with Crippen molar-refractivity contribution in [1.29, 1.82) is 0 Å². The molecular formula is C20H30N2O3. The average molecular weight is 346 g/mol. The third-order valence-electron chi connectivity index (χ3n) is 5.04. The summed E-state index contributed by atoms with van der Waals surface area (Å²) < 4.78 is 0. The van der Waals surface area contributed by atoms with Gasteiger partial charge in [0.05, 0.1) is 12.6 Å². The van der Waals surface area contributed by atoms with Crippen molar-refractivity contribution in [2.75, 3.05) is 26.7 Å². The summed E-state index contributed by atoms with van der Waals surface area (Å²) in [6, 6.07) is 8.23. The summed E-state index contributed by atoms with van der Waals surface area (Å²) in [5.74, 6) is -0.0770. The molecule has 1 aliphatic heterocycles. The van der Waals surface area contributed by atoms with Crippen LogP contribution >= 0.6 is 0 Å². The zero-order chi connectivity index (χ0) is 18.6. The first kappa shape index (κ1) is 19.4. The molecule has 0 unspecified atom stereocenters. The predicted molar refractivity (Wildman–Crippen MR) is 98.3 cm³/mol. The molecule has 0 radical (unpaired) electrons. The second-order valence-electron chi connectivity index (χ2n) is 7.79. The second kappa shape index (κ2) is 8.00. The van der Waals surface area contributed by atoms with Gasteiger partial charge in [-0.1, -0.05) is 43.7 Å². The molecule has 1 saturated heterocycles. The van der Waals surface area contributed by atoms with Crippen molar-refractivity contribution in [2.24, 2.45) is 0 Å². The van der Waals surface area contributed by atoms with Gasteiger partial charge in [-0.15, -0.1) is 0 Å².